The molecule has 0 spiro atoms. The van der Waals surface area contributed by atoms with Gasteiger partial charge in [-0.25, -0.2) is 23.4 Å². The molecule has 0 aliphatic carbocycles. The first-order valence-corrected chi connectivity index (χ1v) is 10.5. The second-order valence-corrected chi connectivity index (χ2v) is 8.77. The van der Waals surface area contributed by atoms with E-state index in [9.17, 15) is 8.42 Å². The van der Waals surface area contributed by atoms with Crippen molar-refractivity contribution in [3.8, 4) is 5.75 Å². The summed E-state index contributed by atoms with van der Waals surface area (Å²) in [6.45, 7) is 0. The molecule has 2 aromatic carbocycles. The number of aromatic nitrogens is 3. The molecule has 2 heterocycles. The van der Waals surface area contributed by atoms with E-state index in [-0.39, 0.29) is 10.6 Å². The first-order chi connectivity index (χ1) is 12.4. The van der Waals surface area contributed by atoms with Crippen LogP contribution in [-0.2, 0) is 9.05 Å². The third-order valence-electron chi connectivity index (χ3n) is 3.71. The van der Waals surface area contributed by atoms with E-state index in [2.05, 4.69) is 20.3 Å². The van der Waals surface area contributed by atoms with Crippen LogP contribution in [0.1, 0.15) is 0 Å². The molecule has 4 aromatic rings. The second-order valence-electron chi connectivity index (χ2n) is 5.35. The largest absolute Gasteiger partial charge is 0.495 e. The van der Waals surface area contributed by atoms with Crippen LogP contribution >= 0.6 is 22.0 Å². The molecule has 0 fully saturated rings. The SMILES string of the molecule is COc1cc2nc(Nc3ccc4scnc4c3)ncc2cc1S(=O)(=O)Cl. The Morgan fingerprint density at radius 1 is 1.15 bits per heavy atom. The van der Waals surface area contributed by atoms with Gasteiger partial charge in [-0.2, -0.15) is 0 Å². The lowest BCUT2D eigenvalue weighted by atomic mass is 10.2. The number of hydrogen-bond acceptors (Lipinski definition) is 8. The summed E-state index contributed by atoms with van der Waals surface area (Å²) in [5.41, 5.74) is 4.00. The van der Waals surface area contributed by atoms with Crippen molar-refractivity contribution in [1.82, 2.24) is 15.0 Å². The van der Waals surface area contributed by atoms with Gasteiger partial charge >= 0.3 is 0 Å². The summed E-state index contributed by atoms with van der Waals surface area (Å²) in [4.78, 5) is 12.8. The van der Waals surface area contributed by atoms with E-state index in [1.807, 2.05) is 18.2 Å². The van der Waals surface area contributed by atoms with E-state index in [1.54, 1.807) is 16.8 Å². The molecule has 26 heavy (non-hydrogen) atoms. The molecule has 0 unspecified atom stereocenters. The van der Waals surface area contributed by atoms with E-state index in [4.69, 9.17) is 15.4 Å². The van der Waals surface area contributed by atoms with Crippen LogP contribution in [0.25, 0.3) is 21.1 Å². The van der Waals surface area contributed by atoms with Crippen molar-refractivity contribution in [3.63, 3.8) is 0 Å². The van der Waals surface area contributed by atoms with Gasteiger partial charge in [0.15, 0.2) is 0 Å². The van der Waals surface area contributed by atoms with Crippen LogP contribution in [-0.4, -0.2) is 30.5 Å². The van der Waals surface area contributed by atoms with Crippen molar-refractivity contribution >= 4 is 63.8 Å². The molecule has 0 saturated heterocycles. The topological polar surface area (TPSA) is 94.1 Å². The summed E-state index contributed by atoms with van der Waals surface area (Å²) in [5, 5.41) is 3.65. The van der Waals surface area contributed by atoms with Crippen molar-refractivity contribution in [2.45, 2.75) is 4.90 Å². The summed E-state index contributed by atoms with van der Waals surface area (Å²) in [7, 11) is 2.88. The van der Waals surface area contributed by atoms with Crippen LogP contribution in [0.5, 0.6) is 5.75 Å². The van der Waals surface area contributed by atoms with Gasteiger partial charge in [-0.3, -0.25) is 0 Å². The number of anilines is 2. The number of rotatable bonds is 4. The fourth-order valence-corrected chi connectivity index (χ4v) is 4.18. The van der Waals surface area contributed by atoms with Crippen LogP contribution in [0, 0.1) is 0 Å². The molecular formula is C16H11ClN4O3S2. The number of fused-ring (bicyclic) bond motifs is 2. The Hall–Kier alpha value is -2.49. The smallest absolute Gasteiger partial charge is 0.265 e. The third-order valence-corrected chi connectivity index (χ3v) is 5.87. The predicted molar refractivity (Wildman–Crippen MR) is 102 cm³/mol. The van der Waals surface area contributed by atoms with Crippen molar-refractivity contribution in [3.05, 3.63) is 42.0 Å². The van der Waals surface area contributed by atoms with Crippen LogP contribution < -0.4 is 10.1 Å². The Labute approximate surface area is 157 Å². The number of thiazole rings is 1. The Bertz CT molecular complexity index is 1240. The Morgan fingerprint density at radius 3 is 2.77 bits per heavy atom. The van der Waals surface area contributed by atoms with Crippen molar-refractivity contribution < 1.29 is 13.2 Å². The molecule has 0 amide bonds. The van der Waals surface area contributed by atoms with Gasteiger partial charge in [0.1, 0.15) is 10.6 Å². The molecule has 0 aliphatic rings. The van der Waals surface area contributed by atoms with Crippen LogP contribution in [0.3, 0.4) is 0 Å². The minimum atomic E-state index is -3.94. The number of methoxy groups -OCH3 is 1. The highest BCUT2D eigenvalue weighted by Crippen LogP contribution is 2.31. The highest BCUT2D eigenvalue weighted by molar-refractivity contribution is 8.13. The number of ether oxygens (including phenoxy) is 1. The molecule has 0 atom stereocenters. The van der Waals surface area contributed by atoms with Crippen molar-refractivity contribution in [2.75, 3.05) is 12.4 Å². The van der Waals surface area contributed by atoms with Gasteiger partial charge in [0.05, 0.1) is 28.4 Å². The van der Waals surface area contributed by atoms with E-state index >= 15 is 0 Å². The highest BCUT2D eigenvalue weighted by Gasteiger charge is 2.18. The lowest BCUT2D eigenvalue weighted by Gasteiger charge is -2.09. The van der Waals surface area contributed by atoms with Gasteiger partial charge in [0.25, 0.3) is 9.05 Å². The molecule has 1 N–H and O–H groups in total. The van der Waals surface area contributed by atoms with E-state index in [0.717, 1.165) is 15.9 Å². The summed E-state index contributed by atoms with van der Waals surface area (Å²) in [6, 6.07) is 8.70. The van der Waals surface area contributed by atoms with Crippen molar-refractivity contribution in [2.24, 2.45) is 0 Å². The molecule has 0 radical (unpaired) electrons. The van der Waals surface area contributed by atoms with Crippen LogP contribution in [0.2, 0.25) is 0 Å². The first-order valence-electron chi connectivity index (χ1n) is 7.34. The van der Waals surface area contributed by atoms with Gasteiger partial charge in [-0.15, -0.1) is 11.3 Å². The molecule has 4 rings (SSSR count). The monoisotopic (exact) mass is 406 g/mol. The normalized spacial score (nSPS) is 11.8. The zero-order valence-electron chi connectivity index (χ0n) is 13.3. The molecule has 0 bridgehead atoms. The van der Waals surface area contributed by atoms with E-state index in [0.29, 0.717) is 16.9 Å². The van der Waals surface area contributed by atoms with Crippen LogP contribution in [0.15, 0.2) is 46.9 Å². The van der Waals surface area contributed by atoms with E-state index in [1.165, 1.54) is 25.4 Å². The number of hydrogen-bond donors (Lipinski definition) is 1. The van der Waals surface area contributed by atoms with Gasteiger partial charge in [-0.05, 0) is 24.3 Å². The van der Waals surface area contributed by atoms with Gasteiger partial charge in [-0.1, -0.05) is 0 Å². The van der Waals surface area contributed by atoms with Crippen molar-refractivity contribution in [1.29, 1.82) is 0 Å². The average Bonchev–Trinajstić information content (AvgIpc) is 3.07. The molecule has 132 valence electrons. The lowest BCUT2D eigenvalue weighted by Crippen LogP contribution is -2.00. The summed E-state index contributed by atoms with van der Waals surface area (Å²) < 4.78 is 29.6. The first kappa shape index (κ1) is 17.0. The maximum atomic E-state index is 11.7. The Balaban J connectivity index is 1.74. The zero-order chi connectivity index (χ0) is 18.3. The van der Waals surface area contributed by atoms with E-state index < -0.39 is 9.05 Å². The molecular weight excluding hydrogens is 396 g/mol. The molecule has 2 aromatic heterocycles. The standard InChI is InChI=1S/C16H11ClN4O3S2/c1-24-13-6-11-9(4-15(13)26(17,22)23)7-18-16(21-11)20-10-2-3-14-12(5-10)19-8-25-14/h2-8H,1H3,(H,18,20,21). The second kappa shape index (κ2) is 6.35. The fraction of sp³-hybridized carbons (Fsp3) is 0.0625. The summed E-state index contributed by atoms with van der Waals surface area (Å²) in [6.07, 6.45) is 1.52. The molecule has 10 heteroatoms. The average molecular weight is 407 g/mol. The Morgan fingerprint density at radius 2 is 2.00 bits per heavy atom. The maximum absolute atomic E-state index is 11.7. The van der Waals surface area contributed by atoms with Crippen LogP contribution in [0.4, 0.5) is 11.6 Å². The predicted octanol–water partition coefficient (Wildman–Crippen LogP) is 3.92. The lowest BCUT2D eigenvalue weighted by molar-refractivity contribution is 0.404. The Kier molecular flexibility index (Phi) is 4.14. The minimum Gasteiger partial charge on any atom is -0.495 e. The number of nitrogens with zero attached hydrogens (tertiary/aromatic N) is 3. The number of benzene rings is 2. The molecule has 0 aliphatic heterocycles. The van der Waals surface area contributed by atoms with Gasteiger partial charge < -0.3 is 10.1 Å². The number of nitrogens with one attached hydrogen (secondary N) is 1. The zero-order valence-corrected chi connectivity index (χ0v) is 15.7. The summed E-state index contributed by atoms with van der Waals surface area (Å²) >= 11 is 1.57. The van der Waals surface area contributed by atoms with Gasteiger partial charge in [0, 0.05) is 34.0 Å². The summed E-state index contributed by atoms with van der Waals surface area (Å²) in [5.74, 6) is 0.497. The quantitative estimate of drug-likeness (QED) is 0.513. The maximum Gasteiger partial charge on any atom is 0.265 e. The fourth-order valence-electron chi connectivity index (χ4n) is 2.51. The highest BCUT2D eigenvalue weighted by atomic mass is 35.7. The molecule has 7 nitrogen and oxygen atoms in total. The number of halogens is 1. The molecule has 0 saturated carbocycles. The minimum absolute atomic E-state index is 0.118. The third kappa shape index (κ3) is 3.16. The van der Waals surface area contributed by atoms with Gasteiger partial charge in [0.2, 0.25) is 5.95 Å².